The van der Waals surface area contributed by atoms with E-state index < -0.39 is 20.5 Å². The van der Waals surface area contributed by atoms with Crippen LogP contribution in [0, 0.1) is 6.92 Å². The van der Waals surface area contributed by atoms with E-state index >= 15 is 0 Å². The Hall–Kier alpha value is -3.32. The predicted molar refractivity (Wildman–Crippen MR) is 133 cm³/mol. The monoisotopic (exact) mass is 496 g/mol. The van der Waals surface area contributed by atoms with Crippen molar-refractivity contribution in [2.24, 2.45) is 0 Å². The van der Waals surface area contributed by atoms with Gasteiger partial charge in [-0.3, -0.25) is 14.6 Å². The molecule has 2 N–H and O–H groups in total. The van der Waals surface area contributed by atoms with E-state index in [2.05, 4.69) is 10.1 Å². The van der Waals surface area contributed by atoms with Crippen LogP contribution in [-0.2, 0) is 27.1 Å². The average molecular weight is 497 g/mol. The maximum atomic E-state index is 12.9. The van der Waals surface area contributed by atoms with Gasteiger partial charge in [0.1, 0.15) is 17.5 Å². The lowest BCUT2D eigenvalue weighted by atomic mass is 10.1. The highest BCUT2D eigenvalue weighted by atomic mass is 31.2. The molecule has 35 heavy (non-hydrogen) atoms. The molecule has 3 aromatic rings. The van der Waals surface area contributed by atoms with E-state index in [1.165, 1.54) is 6.20 Å². The van der Waals surface area contributed by atoms with Gasteiger partial charge >= 0.3 is 14.5 Å². The topological polar surface area (TPSA) is 107 Å². The number of aryl methyl sites for hydroxylation is 1. The average Bonchev–Trinajstić information content (AvgIpc) is 2.85. The summed E-state index contributed by atoms with van der Waals surface area (Å²) in [5.74, 6) is -0.0769. The molecule has 1 heterocycles. The summed E-state index contributed by atoms with van der Waals surface area (Å²) in [7, 11) is -1.86. The maximum Gasteiger partial charge on any atom is 0.324 e. The van der Waals surface area contributed by atoms with Crippen LogP contribution in [0.1, 0.15) is 41.0 Å². The van der Waals surface area contributed by atoms with Gasteiger partial charge in [0.2, 0.25) is 0 Å². The summed E-state index contributed by atoms with van der Waals surface area (Å²) in [6.07, 6.45) is 2.11. The van der Waals surface area contributed by atoms with Crippen molar-refractivity contribution in [3.63, 3.8) is 0 Å². The summed E-state index contributed by atoms with van der Waals surface area (Å²) in [6, 6.07) is 17.9. The molecule has 0 bridgehead atoms. The largest absolute Gasteiger partial charge is 0.505 e. The second-order valence-electron chi connectivity index (χ2n) is 8.04. The molecule has 0 amide bonds. The molecule has 1 aromatic heterocycles. The van der Waals surface area contributed by atoms with Crippen LogP contribution in [0.15, 0.2) is 66.9 Å². The molecular weight excluding hydrogens is 467 g/mol. The number of benzene rings is 2. The van der Waals surface area contributed by atoms with Gasteiger partial charge in [-0.15, -0.1) is 0 Å². The third kappa shape index (κ3) is 7.86. The van der Waals surface area contributed by atoms with Crippen molar-refractivity contribution in [2.45, 2.75) is 45.9 Å². The molecular formula is C26H29N2O6P. The van der Waals surface area contributed by atoms with Crippen LogP contribution in [0.25, 0.3) is 0 Å². The Morgan fingerprint density at radius 2 is 1.77 bits per heavy atom. The van der Waals surface area contributed by atoms with Crippen molar-refractivity contribution in [1.29, 1.82) is 0 Å². The number of para-hydroxylation sites is 1. The molecule has 0 aliphatic rings. The fraction of sp³-hybridized carbons (Fsp3) is 0.269. The minimum Gasteiger partial charge on any atom is -0.505 e. The molecule has 3 rings (SSSR count). The molecule has 0 radical (unpaired) electrons. The van der Waals surface area contributed by atoms with Gasteiger partial charge in [0.05, 0.1) is 24.0 Å². The predicted octanol–water partition coefficient (Wildman–Crippen LogP) is 4.88. The van der Waals surface area contributed by atoms with Crippen LogP contribution in [0.3, 0.4) is 0 Å². The number of rotatable bonds is 12. The molecule has 2 unspecified atom stereocenters. The van der Waals surface area contributed by atoms with E-state index in [1.807, 2.05) is 48.5 Å². The van der Waals surface area contributed by atoms with E-state index in [9.17, 15) is 14.7 Å². The van der Waals surface area contributed by atoms with Gasteiger partial charge in [-0.25, -0.2) is 5.09 Å². The first-order valence-corrected chi connectivity index (χ1v) is 12.3. The first kappa shape index (κ1) is 26.3. The van der Waals surface area contributed by atoms with Crippen LogP contribution < -0.4 is 9.61 Å². The second kappa shape index (κ2) is 13.0. The van der Waals surface area contributed by atoms with Gasteiger partial charge in [-0.05, 0) is 44.9 Å². The van der Waals surface area contributed by atoms with Gasteiger partial charge in [-0.2, -0.15) is 0 Å². The molecule has 0 aliphatic heterocycles. The number of aromatic hydroxyl groups is 1. The van der Waals surface area contributed by atoms with Gasteiger partial charge in [0.25, 0.3) is 0 Å². The van der Waals surface area contributed by atoms with Crippen LogP contribution in [0.5, 0.6) is 11.5 Å². The highest BCUT2D eigenvalue weighted by molar-refractivity contribution is 7.45. The minimum atomic E-state index is -1.86. The van der Waals surface area contributed by atoms with E-state index in [0.717, 1.165) is 5.56 Å². The molecule has 184 valence electrons. The number of pyridine rings is 1. The normalized spacial score (nSPS) is 12.7. The summed E-state index contributed by atoms with van der Waals surface area (Å²) in [5, 5.41) is 13.4. The number of nitrogens with zero attached hydrogens (tertiary/aromatic N) is 1. The molecule has 2 atom stereocenters. The van der Waals surface area contributed by atoms with Crippen LogP contribution in [0.2, 0.25) is 0 Å². The van der Waals surface area contributed by atoms with Crippen molar-refractivity contribution in [3.8, 4) is 11.5 Å². The fourth-order valence-corrected chi connectivity index (χ4v) is 4.37. The van der Waals surface area contributed by atoms with E-state index in [-0.39, 0.29) is 24.0 Å². The lowest BCUT2D eigenvalue weighted by Gasteiger charge is -2.25. The highest BCUT2D eigenvalue weighted by Crippen LogP contribution is 2.38. The molecule has 9 heteroatoms. The Balaban J connectivity index is 1.84. The van der Waals surface area contributed by atoms with E-state index in [1.54, 1.807) is 32.9 Å². The van der Waals surface area contributed by atoms with Gasteiger partial charge < -0.3 is 18.9 Å². The van der Waals surface area contributed by atoms with Crippen molar-refractivity contribution in [2.75, 3.05) is 0 Å². The Bertz CT molecular complexity index is 1110. The molecule has 0 aliphatic carbocycles. The summed E-state index contributed by atoms with van der Waals surface area (Å²) in [5.41, 5.74) is 1.79. The maximum absolute atomic E-state index is 12.9. The second-order valence-corrected chi connectivity index (χ2v) is 9.25. The number of hydrogen-bond acceptors (Lipinski definition) is 8. The molecule has 0 saturated heterocycles. The first-order valence-electron chi connectivity index (χ1n) is 11.2. The van der Waals surface area contributed by atoms with Gasteiger partial charge in [-0.1, -0.05) is 48.5 Å². The molecule has 2 aromatic carbocycles. The molecule has 0 saturated carbocycles. The first-order chi connectivity index (χ1) is 16.9. The fourth-order valence-electron chi connectivity index (χ4n) is 3.17. The van der Waals surface area contributed by atoms with Crippen LogP contribution in [0.4, 0.5) is 0 Å². The minimum absolute atomic E-state index is 0.0717. The number of carbonyl (C=O) groups excluding carboxylic acids is 2. The molecule has 8 nitrogen and oxygen atoms in total. The standard InChI is InChI=1S/C26H29N2O6P/c1-18(2)33-26(31)24(14-20-10-6-4-7-11-20)28-35(34-22-12-8-5-9-13-22)32-17-21-15-27-19(3)25(30)23(21)16-29/h4-13,15-16,18,24,28,30H,14,17H2,1-3H3. The highest BCUT2D eigenvalue weighted by Gasteiger charge is 2.28. The van der Waals surface area contributed by atoms with E-state index in [0.29, 0.717) is 29.7 Å². The Kier molecular flexibility index (Phi) is 9.73. The van der Waals surface area contributed by atoms with Crippen molar-refractivity contribution >= 4 is 20.8 Å². The van der Waals surface area contributed by atoms with Crippen molar-refractivity contribution < 1.29 is 28.5 Å². The van der Waals surface area contributed by atoms with Crippen molar-refractivity contribution in [3.05, 3.63) is 89.2 Å². The lowest BCUT2D eigenvalue weighted by Crippen LogP contribution is -2.39. The number of nitrogens with one attached hydrogen (secondary N) is 1. The number of aldehydes is 1. The lowest BCUT2D eigenvalue weighted by molar-refractivity contribution is -0.149. The zero-order valence-corrected chi connectivity index (χ0v) is 20.8. The SMILES string of the molecule is Cc1ncc(COP(NC(Cc2ccccc2)C(=O)OC(C)C)Oc2ccccc2)c(C=O)c1O. The quantitative estimate of drug-likeness (QED) is 0.208. The third-order valence-electron chi connectivity index (χ3n) is 4.92. The summed E-state index contributed by atoms with van der Waals surface area (Å²) < 4.78 is 17.5. The number of aromatic nitrogens is 1. The zero-order valence-electron chi connectivity index (χ0n) is 19.9. The smallest absolute Gasteiger partial charge is 0.324 e. The van der Waals surface area contributed by atoms with E-state index in [4.69, 9.17) is 13.8 Å². The third-order valence-corrected chi connectivity index (χ3v) is 6.19. The Morgan fingerprint density at radius 3 is 2.40 bits per heavy atom. The molecule has 0 spiro atoms. The number of esters is 1. The summed E-state index contributed by atoms with van der Waals surface area (Å²) in [4.78, 5) is 28.6. The van der Waals surface area contributed by atoms with Gasteiger partial charge in [0, 0.05) is 11.8 Å². The van der Waals surface area contributed by atoms with Crippen LogP contribution >= 0.6 is 8.53 Å². The Morgan fingerprint density at radius 1 is 1.11 bits per heavy atom. The molecule has 0 fully saturated rings. The van der Waals surface area contributed by atoms with Crippen LogP contribution in [-0.4, -0.2) is 34.5 Å². The summed E-state index contributed by atoms with van der Waals surface area (Å²) >= 11 is 0. The Labute approximate surface area is 206 Å². The van der Waals surface area contributed by atoms with Gasteiger partial charge in [0.15, 0.2) is 6.29 Å². The number of carbonyl (C=O) groups is 2. The zero-order chi connectivity index (χ0) is 25.2. The summed E-state index contributed by atoms with van der Waals surface area (Å²) in [6.45, 7) is 5.11. The number of ether oxygens (including phenoxy) is 1. The number of hydrogen-bond donors (Lipinski definition) is 2. The van der Waals surface area contributed by atoms with Crippen molar-refractivity contribution in [1.82, 2.24) is 10.1 Å².